The zero-order chi connectivity index (χ0) is 10.7. The molecule has 1 aromatic rings. The summed E-state index contributed by atoms with van der Waals surface area (Å²) in [5.41, 5.74) is 8.35. The third kappa shape index (κ3) is 2.53. The zero-order valence-corrected chi connectivity index (χ0v) is 9.00. The number of aromatic nitrogens is 1. The smallest absolute Gasteiger partial charge is 0.227 e. The predicted octanol–water partition coefficient (Wildman–Crippen LogP) is -0.267. The Balaban J connectivity index is 1.82. The Labute approximate surface area is 91.6 Å². The van der Waals surface area contributed by atoms with E-state index in [0.717, 1.165) is 5.69 Å². The highest BCUT2D eigenvalue weighted by atomic mass is 32.1. The molecule has 5 nitrogen and oxygen atoms in total. The van der Waals surface area contributed by atoms with Gasteiger partial charge in [0.1, 0.15) is 0 Å². The Morgan fingerprint density at radius 3 is 3.20 bits per heavy atom. The Morgan fingerprint density at radius 2 is 2.60 bits per heavy atom. The van der Waals surface area contributed by atoms with Gasteiger partial charge in [-0.2, -0.15) is 0 Å². The van der Waals surface area contributed by atoms with Crippen molar-refractivity contribution in [1.29, 1.82) is 0 Å². The molecule has 1 aliphatic rings. The molecule has 1 aromatic heterocycles. The molecule has 1 aliphatic heterocycles. The standard InChI is InChI=1S/C9H13N3O2S/c10-8-3-14-2-7(8)9(13)11-1-6-4-15-5-12-6/h4-5,7-8H,1-3,10H2,(H,11,13). The molecule has 1 saturated heterocycles. The minimum absolute atomic E-state index is 0.0481. The van der Waals surface area contributed by atoms with E-state index in [1.807, 2.05) is 5.38 Å². The van der Waals surface area contributed by atoms with Gasteiger partial charge in [-0.3, -0.25) is 4.79 Å². The summed E-state index contributed by atoms with van der Waals surface area (Å²) < 4.78 is 5.13. The summed E-state index contributed by atoms with van der Waals surface area (Å²) in [7, 11) is 0. The van der Waals surface area contributed by atoms with Crippen LogP contribution in [0.1, 0.15) is 5.69 Å². The number of rotatable bonds is 3. The number of amides is 1. The molecule has 15 heavy (non-hydrogen) atoms. The first-order chi connectivity index (χ1) is 7.27. The summed E-state index contributed by atoms with van der Waals surface area (Å²) in [5, 5.41) is 4.71. The van der Waals surface area contributed by atoms with Crippen molar-refractivity contribution in [3.8, 4) is 0 Å². The number of nitrogens with zero attached hydrogens (tertiary/aromatic N) is 1. The van der Waals surface area contributed by atoms with Crippen LogP contribution in [0.15, 0.2) is 10.9 Å². The first-order valence-electron chi connectivity index (χ1n) is 4.75. The molecule has 6 heteroatoms. The van der Waals surface area contributed by atoms with Gasteiger partial charge in [0, 0.05) is 11.4 Å². The van der Waals surface area contributed by atoms with Crippen molar-refractivity contribution < 1.29 is 9.53 Å². The van der Waals surface area contributed by atoms with Crippen LogP contribution in [-0.2, 0) is 16.1 Å². The summed E-state index contributed by atoms with van der Waals surface area (Å²) in [6.45, 7) is 1.35. The van der Waals surface area contributed by atoms with Crippen molar-refractivity contribution in [1.82, 2.24) is 10.3 Å². The highest BCUT2D eigenvalue weighted by Gasteiger charge is 2.30. The fraction of sp³-hybridized carbons (Fsp3) is 0.556. The van der Waals surface area contributed by atoms with Crippen molar-refractivity contribution in [3.63, 3.8) is 0 Å². The van der Waals surface area contributed by atoms with Crippen molar-refractivity contribution in [2.75, 3.05) is 13.2 Å². The molecule has 0 spiro atoms. The maximum Gasteiger partial charge on any atom is 0.227 e. The van der Waals surface area contributed by atoms with Crippen LogP contribution in [0.3, 0.4) is 0 Å². The summed E-state index contributed by atoms with van der Waals surface area (Å²) in [5.74, 6) is -0.267. The van der Waals surface area contributed by atoms with Crippen LogP contribution in [0.4, 0.5) is 0 Å². The van der Waals surface area contributed by atoms with E-state index >= 15 is 0 Å². The fourth-order valence-corrected chi connectivity index (χ4v) is 2.03. The number of thiazole rings is 1. The Morgan fingerprint density at radius 1 is 1.73 bits per heavy atom. The number of nitrogens with two attached hydrogens (primary N) is 1. The molecule has 0 aromatic carbocycles. The van der Waals surface area contributed by atoms with E-state index in [2.05, 4.69) is 10.3 Å². The summed E-state index contributed by atoms with van der Waals surface area (Å²) in [4.78, 5) is 15.7. The third-order valence-corrected chi connectivity index (χ3v) is 3.02. The normalized spacial score (nSPS) is 25.4. The Hall–Kier alpha value is -0.980. The molecule has 0 radical (unpaired) electrons. The summed E-state index contributed by atoms with van der Waals surface area (Å²) >= 11 is 1.51. The van der Waals surface area contributed by atoms with Gasteiger partial charge in [-0.05, 0) is 0 Å². The maximum absolute atomic E-state index is 11.7. The molecule has 2 unspecified atom stereocenters. The van der Waals surface area contributed by atoms with Gasteiger partial charge in [-0.15, -0.1) is 11.3 Å². The molecule has 82 valence electrons. The lowest BCUT2D eigenvalue weighted by Crippen LogP contribution is -2.40. The second-order valence-electron chi connectivity index (χ2n) is 3.51. The number of hydrogen-bond donors (Lipinski definition) is 2. The van der Waals surface area contributed by atoms with Crippen LogP contribution < -0.4 is 11.1 Å². The highest BCUT2D eigenvalue weighted by molar-refractivity contribution is 7.07. The molecule has 2 rings (SSSR count). The average Bonchev–Trinajstić information content (AvgIpc) is 2.84. The number of ether oxygens (including phenoxy) is 1. The van der Waals surface area contributed by atoms with Gasteiger partial charge in [0.25, 0.3) is 0 Å². The topological polar surface area (TPSA) is 77.2 Å². The highest BCUT2D eigenvalue weighted by Crippen LogP contribution is 2.11. The molecule has 2 heterocycles. The van der Waals surface area contributed by atoms with Crippen molar-refractivity contribution in [2.24, 2.45) is 11.7 Å². The van der Waals surface area contributed by atoms with Gasteiger partial charge < -0.3 is 15.8 Å². The number of carbonyl (C=O) groups excluding carboxylic acids is 1. The first-order valence-corrected chi connectivity index (χ1v) is 5.70. The second-order valence-corrected chi connectivity index (χ2v) is 4.22. The van der Waals surface area contributed by atoms with Crippen LogP contribution in [-0.4, -0.2) is 30.1 Å². The van der Waals surface area contributed by atoms with Crippen molar-refractivity contribution >= 4 is 17.2 Å². The Bertz CT molecular complexity index is 328. The monoisotopic (exact) mass is 227 g/mol. The molecule has 3 N–H and O–H groups in total. The van der Waals surface area contributed by atoms with E-state index in [1.54, 1.807) is 5.51 Å². The predicted molar refractivity (Wildman–Crippen MR) is 56.2 cm³/mol. The first kappa shape index (κ1) is 10.5. The summed E-state index contributed by atoms with van der Waals surface area (Å²) in [6, 6.07) is -0.180. The minimum Gasteiger partial charge on any atom is -0.379 e. The molecule has 0 saturated carbocycles. The molecule has 0 aliphatic carbocycles. The largest absolute Gasteiger partial charge is 0.379 e. The lowest BCUT2D eigenvalue weighted by atomic mass is 10.0. The third-order valence-electron chi connectivity index (χ3n) is 2.39. The van der Waals surface area contributed by atoms with Crippen LogP contribution in [0.5, 0.6) is 0 Å². The van der Waals surface area contributed by atoms with Crippen LogP contribution in [0, 0.1) is 5.92 Å². The van der Waals surface area contributed by atoms with Crippen LogP contribution >= 0.6 is 11.3 Å². The summed E-state index contributed by atoms with van der Waals surface area (Å²) in [6.07, 6.45) is 0. The zero-order valence-electron chi connectivity index (χ0n) is 8.18. The molecule has 2 atom stereocenters. The number of hydrogen-bond acceptors (Lipinski definition) is 5. The number of carbonyl (C=O) groups is 1. The Kier molecular flexibility index (Phi) is 3.30. The van der Waals surface area contributed by atoms with E-state index in [0.29, 0.717) is 19.8 Å². The van der Waals surface area contributed by atoms with E-state index in [1.165, 1.54) is 11.3 Å². The number of nitrogens with one attached hydrogen (secondary N) is 1. The van der Waals surface area contributed by atoms with Crippen LogP contribution in [0.25, 0.3) is 0 Å². The lowest BCUT2D eigenvalue weighted by Gasteiger charge is -2.12. The quantitative estimate of drug-likeness (QED) is 0.745. The van der Waals surface area contributed by atoms with E-state index in [-0.39, 0.29) is 17.9 Å². The van der Waals surface area contributed by atoms with Gasteiger partial charge >= 0.3 is 0 Å². The second kappa shape index (κ2) is 4.69. The van der Waals surface area contributed by atoms with E-state index in [4.69, 9.17) is 10.5 Å². The minimum atomic E-state index is -0.219. The molecular weight excluding hydrogens is 214 g/mol. The van der Waals surface area contributed by atoms with Gasteiger partial charge in [0.2, 0.25) is 5.91 Å². The fourth-order valence-electron chi connectivity index (χ4n) is 1.47. The van der Waals surface area contributed by atoms with Crippen molar-refractivity contribution in [2.45, 2.75) is 12.6 Å². The lowest BCUT2D eigenvalue weighted by molar-refractivity contribution is -0.125. The molecule has 1 fully saturated rings. The van der Waals surface area contributed by atoms with Crippen LogP contribution in [0.2, 0.25) is 0 Å². The van der Waals surface area contributed by atoms with Crippen molar-refractivity contribution in [3.05, 3.63) is 16.6 Å². The van der Waals surface area contributed by atoms with Gasteiger partial charge in [0.15, 0.2) is 0 Å². The molecular formula is C9H13N3O2S. The average molecular weight is 227 g/mol. The maximum atomic E-state index is 11.7. The van der Waals surface area contributed by atoms with Gasteiger partial charge in [0.05, 0.1) is 36.9 Å². The van der Waals surface area contributed by atoms with E-state index < -0.39 is 0 Å². The van der Waals surface area contributed by atoms with Gasteiger partial charge in [-0.1, -0.05) is 0 Å². The van der Waals surface area contributed by atoms with Gasteiger partial charge in [-0.25, -0.2) is 4.98 Å². The SMILES string of the molecule is NC1COCC1C(=O)NCc1cscn1. The molecule has 0 bridgehead atoms. The molecule has 1 amide bonds. The van der Waals surface area contributed by atoms with E-state index in [9.17, 15) is 4.79 Å².